The van der Waals surface area contributed by atoms with Crippen LogP contribution in [0.5, 0.6) is 0 Å². The predicted octanol–water partition coefficient (Wildman–Crippen LogP) is 3.35. The molecule has 0 aliphatic rings. The summed E-state index contributed by atoms with van der Waals surface area (Å²) >= 11 is 12.4. The van der Waals surface area contributed by atoms with Gasteiger partial charge < -0.3 is 0 Å². The van der Waals surface area contributed by atoms with Crippen LogP contribution in [0.15, 0.2) is 59.7 Å². The lowest BCUT2D eigenvalue weighted by atomic mass is 10.2. The Hall–Kier alpha value is -3.56. The molecule has 0 spiro atoms. The highest BCUT2D eigenvalue weighted by Crippen LogP contribution is 2.20. The van der Waals surface area contributed by atoms with Crippen LogP contribution in [0.3, 0.4) is 0 Å². The minimum Gasteiger partial charge on any atom is -0.271 e. The van der Waals surface area contributed by atoms with Crippen molar-refractivity contribution in [3.8, 4) is 11.4 Å². The van der Waals surface area contributed by atoms with E-state index in [4.69, 9.17) is 23.2 Å². The Balaban J connectivity index is 1.36. The second kappa shape index (κ2) is 9.71. The van der Waals surface area contributed by atoms with Crippen molar-refractivity contribution in [2.45, 2.75) is 20.0 Å². The van der Waals surface area contributed by atoms with E-state index in [0.29, 0.717) is 33.8 Å². The van der Waals surface area contributed by atoms with Crippen LogP contribution in [0.2, 0.25) is 10.2 Å². The molecule has 1 N–H and O–H groups in total. The Morgan fingerprint density at radius 2 is 1.84 bits per heavy atom. The van der Waals surface area contributed by atoms with Gasteiger partial charge in [-0.1, -0.05) is 65.7 Å². The molecule has 0 aliphatic heterocycles. The average molecular weight is 469 g/mol. The number of tetrazole rings is 1. The van der Waals surface area contributed by atoms with E-state index in [1.54, 1.807) is 4.68 Å². The fourth-order valence-electron chi connectivity index (χ4n) is 2.93. The topological polar surface area (TPSA) is 103 Å². The molecule has 0 atom stereocenters. The van der Waals surface area contributed by atoms with E-state index in [9.17, 15) is 4.79 Å². The van der Waals surface area contributed by atoms with Crippen molar-refractivity contribution in [1.29, 1.82) is 0 Å². The molecule has 0 bridgehead atoms. The summed E-state index contributed by atoms with van der Waals surface area (Å²) in [5, 5.41) is 21.6. The molecular weight excluding hydrogens is 451 g/mol. The Morgan fingerprint density at radius 3 is 2.59 bits per heavy atom. The summed E-state index contributed by atoms with van der Waals surface area (Å²) in [6, 6.07) is 16.8. The molecule has 162 valence electrons. The van der Waals surface area contributed by atoms with E-state index in [1.165, 1.54) is 11.0 Å². The maximum Gasteiger partial charge on any atom is 0.263 e. The number of amides is 1. The van der Waals surface area contributed by atoms with Gasteiger partial charge in [0, 0.05) is 10.6 Å². The summed E-state index contributed by atoms with van der Waals surface area (Å²) in [6.45, 7) is 2.18. The monoisotopic (exact) mass is 468 g/mol. The first-order chi connectivity index (χ1) is 15.5. The number of hydrogen-bond donors (Lipinski definition) is 1. The van der Waals surface area contributed by atoms with Crippen molar-refractivity contribution in [2.24, 2.45) is 5.10 Å². The van der Waals surface area contributed by atoms with Crippen molar-refractivity contribution in [1.82, 2.24) is 35.4 Å². The molecule has 4 rings (SSSR count). The lowest BCUT2D eigenvalue weighted by molar-refractivity contribution is -0.122. The van der Waals surface area contributed by atoms with Gasteiger partial charge in [-0.3, -0.25) is 4.79 Å². The molecule has 11 heteroatoms. The van der Waals surface area contributed by atoms with Gasteiger partial charge in [0.05, 0.1) is 24.0 Å². The summed E-state index contributed by atoms with van der Waals surface area (Å²) in [4.78, 5) is 13.4. The lowest BCUT2D eigenvalue weighted by Crippen LogP contribution is -2.24. The molecule has 4 aromatic rings. The highest BCUT2D eigenvalue weighted by atomic mass is 35.5. The number of aromatic nitrogens is 6. The molecule has 0 radical (unpaired) electrons. The molecule has 2 aromatic heterocycles. The van der Waals surface area contributed by atoms with Crippen molar-refractivity contribution < 1.29 is 4.79 Å². The fourth-order valence-corrected chi connectivity index (χ4v) is 3.34. The Labute approximate surface area is 193 Å². The number of carbonyl (C=O) groups is 1. The van der Waals surface area contributed by atoms with Gasteiger partial charge in [-0.15, -0.1) is 10.2 Å². The van der Waals surface area contributed by atoms with Gasteiger partial charge in [0.2, 0.25) is 5.82 Å². The van der Waals surface area contributed by atoms with E-state index in [0.717, 1.165) is 11.1 Å². The number of halogens is 2. The fraction of sp³-hybridized carbons (Fsp3) is 0.143. The van der Waals surface area contributed by atoms with Crippen LogP contribution in [0.4, 0.5) is 0 Å². The molecule has 0 unspecified atom stereocenters. The third-order valence-electron chi connectivity index (χ3n) is 4.51. The minimum absolute atomic E-state index is 0.125. The van der Waals surface area contributed by atoms with E-state index in [2.05, 4.69) is 31.0 Å². The Bertz CT molecular complexity index is 1250. The maximum absolute atomic E-state index is 12.2. The second-order valence-corrected chi connectivity index (χ2v) is 7.67. The molecule has 0 saturated heterocycles. The summed E-state index contributed by atoms with van der Waals surface area (Å²) in [5.41, 5.74) is 5.57. The summed E-state index contributed by atoms with van der Waals surface area (Å²) < 4.78 is 1.66. The van der Waals surface area contributed by atoms with Gasteiger partial charge in [0.25, 0.3) is 5.91 Å². The third kappa shape index (κ3) is 5.19. The predicted molar refractivity (Wildman–Crippen MR) is 122 cm³/mol. The SMILES string of the molecule is Cc1nn(Cc2ccc(Cl)cc2)c(Cl)c1/C=N/NC(=O)Cn1nnc(-c2ccccc2)n1. The number of rotatable bonds is 7. The van der Waals surface area contributed by atoms with Crippen molar-refractivity contribution in [3.63, 3.8) is 0 Å². The number of nitrogens with zero attached hydrogens (tertiary/aromatic N) is 7. The lowest BCUT2D eigenvalue weighted by Gasteiger charge is -2.03. The summed E-state index contributed by atoms with van der Waals surface area (Å²) in [7, 11) is 0. The van der Waals surface area contributed by atoms with E-state index < -0.39 is 5.91 Å². The highest BCUT2D eigenvalue weighted by Gasteiger charge is 2.13. The van der Waals surface area contributed by atoms with Crippen LogP contribution in [-0.2, 0) is 17.9 Å². The normalized spacial score (nSPS) is 11.2. The van der Waals surface area contributed by atoms with Crippen LogP contribution in [0.25, 0.3) is 11.4 Å². The second-order valence-electron chi connectivity index (χ2n) is 6.88. The molecule has 1 amide bonds. The first kappa shape index (κ1) is 21.7. The van der Waals surface area contributed by atoms with Crippen LogP contribution in [0, 0.1) is 6.92 Å². The van der Waals surface area contributed by atoms with Crippen LogP contribution in [0.1, 0.15) is 16.8 Å². The largest absolute Gasteiger partial charge is 0.271 e. The first-order valence-corrected chi connectivity index (χ1v) is 10.4. The number of nitrogens with one attached hydrogen (secondary N) is 1. The highest BCUT2D eigenvalue weighted by molar-refractivity contribution is 6.32. The van der Waals surface area contributed by atoms with Crippen LogP contribution in [-0.4, -0.2) is 42.1 Å². The standard InChI is InChI=1S/C21H18Cl2N8O/c1-14-18(20(23)30(27-14)12-15-7-9-17(22)10-8-15)11-24-25-19(32)13-31-28-21(26-29-31)16-5-3-2-4-6-16/h2-11H,12-13H2,1H3,(H,25,32)/b24-11+. The third-order valence-corrected chi connectivity index (χ3v) is 5.16. The Kier molecular flexibility index (Phi) is 6.58. The van der Waals surface area contributed by atoms with E-state index in [-0.39, 0.29) is 6.54 Å². The van der Waals surface area contributed by atoms with Crippen LogP contribution >= 0.6 is 23.2 Å². The van der Waals surface area contributed by atoms with Crippen molar-refractivity contribution in [3.05, 3.63) is 81.6 Å². The van der Waals surface area contributed by atoms with Crippen LogP contribution < -0.4 is 5.43 Å². The van der Waals surface area contributed by atoms with Crippen molar-refractivity contribution in [2.75, 3.05) is 0 Å². The number of hydrazone groups is 1. The molecule has 32 heavy (non-hydrogen) atoms. The first-order valence-electron chi connectivity index (χ1n) is 9.62. The quantitative estimate of drug-likeness (QED) is 0.330. The summed E-state index contributed by atoms with van der Waals surface area (Å²) in [5.74, 6) is 0.0398. The zero-order valence-corrected chi connectivity index (χ0v) is 18.5. The molecular formula is C21H18Cl2N8O. The molecule has 0 fully saturated rings. The molecule has 0 saturated carbocycles. The molecule has 2 aromatic carbocycles. The van der Waals surface area contributed by atoms with Gasteiger partial charge in [-0.25, -0.2) is 10.1 Å². The number of aryl methyl sites for hydroxylation is 1. The van der Waals surface area contributed by atoms with Gasteiger partial charge in [-0.2, -0.15) is 15.0 Å². The Morgan fingerprint density at radius 1 is 1.09 bits per heavy atom. The van der Waals surface area contributed by atoms with E-state index in [1.807, 2.05) is 61.5 Å². The average Bonchev–Trinajstić information content (AvgIpc) is 3.36. The molecule has 9 nitrogen and oxygen atoms in total. The number of benzene rings is 2. The summed E-state index contributed by atoms with van der Waals surface area (Å²) in [6.07, 6.45) is 1.46. The van der Waals surface area contributed by atoms with Gasteiger partial charge in [0.1, 0.15) is 11.7 Å². The zero-order chi connectivity index (χ0) is 22.5. The minimum atomic E-state index is -0.402. The van der Waals surface area contributed by atoms with Gasteiger partial charge in [0.15, 0.2) is 0 Å². The van der Waals surface area contributed by atoms with Crippen molar-refractivity contribution >= 4 is 35.3 Å². The molecule has 0 aliphatic carbocycles. The smallest absolute Gasteiger partial charge is 0.263 e. The van der Waals surface area contributed by atoms with Gasteiger partial charge in [-0.05, 0) is 29.8 Å². The maximum atomic E-state index is 12.2. The molecule has 2 heterocycles. The van der Waals surface area contributed by atoms with E-state index >= 15 is 0 Å². The number of hydrogen-bond acceptors (Lipinski definition) is 6. The zero-order valence-electron chi connectivity index (χ0n) is 17.0. The van der Waals surface area contributed by atoms with Gasteiger partial charge >= 0.3 is 0 Å². The number of carbonyl (C=O) groups excluding carboxylic acids is 1.